The summed E-state index contributed by atoms with van der Waals surface area (Å²) in [6.07, 6.45) is 7.54. The number of aromatic nitrogens is 3. The van der Waals surface area contributed by atoms with Gasteiger partial charge in [0, 0.05) is 41.2 Å². The summed E-state index contributed by atoms with van der Waals surface area (Å²) in [5, 5.41) is 7.53. The fourth-order valence-electron chi connectivity index (χ4n) is 3.74. The standard InChI is InChI=1S/C21H18F2N4O/c22-14-7-13(8-15(23)9-14)21(28)25-18-3-4-19-17(18)11-27(26-19)16-5-6-24-20(10-16)12-1-2-12/h5-12,18H,1-4H2,(H,25,28). The minimum absolute atomic E-state index is 0.0263. The second-order valence-electron chi connectivity index (χ2n) is 7.41. The van der Waals surface area contributed by atoms with Gasteiger partial charge in [0.2, 0.25) is 0 Å². The van der Waals surface area contributed by atoms with E-state index in [1.54, 1.807) is 6.20 Å². The Hall–Kier alpha value is -3.09. The van der Waals surface area contributed by atoms with Gasteiger partial charge in [0.05, 0.1) is 17.4 Å². The molecule has 0 spiro atoms. The number of hydrogen-bond donors (Lipinski definition) is 1. The van der Waals surface area contributed by atoms with Crippen molar-refractivity contribution in [3.05, 3.63) is 76.9 Å². The van der Waals surface area contributed by atoms with Crippen molar-refractivity contribution in [2.24, 2.45) is 0 Å². The van der Waals surface area contributed by atoms with Crippen LogP contribution in [0.2, 0.25) is 0 Å². The Morgan fingerprint density at radius 1 is 1.11 bits per heavy atom. The van der Waals surface area contributed by atoms with Gasteiger partial charge in [0.25, 0.3) is 5.91 Å². The van der Waals surface area contributed by atoms with Crippen LogP contribution in [0.5, 0.6) is 0 Å². The Morgan fingerprint density at radius 3 is 2.64 bits per heavy atom. The molecule has 142 valence electrons. The van der Waals surface area contributed by atoms with E-state index in [-0.39, 0.29) is 11.6 Å². The van der Waals surface area contributed by atoms with Crippen LogP contribution in [0.15, 0.2) is 42.7 Å². The van der Waals surface area contributed by atoms with E-state index in [2.05, 4.69) is 21.5 Å². The summed E-state index contributed by atoms with van der Waals surface area (Å²) < 4.78 is 28.6. The molecule has 1 fully saturated rings. The highest BCUT2D eigenvalue weighted by atomic mass is 19.1. The lowest BCUT2D eigenvalue weighted by Crippen LogP contribution is -2.27. The van der Waals surface area contributed by atoms with Crippen molar-refractivity contribution >= 4 is 5.91 Å². The van der Waals surface area contributed by atoms with Gasteiger partial charge in [-0.15, -0.1) is 0 Å². The summed E-state index contributed by atoms with van der Waals surface area (Å²) >= 11 is 0. The van der Waals surface area contributed by atoms with Crippen molar-refractivity contribution in [2.45, 2.75) is 37.6 Å². The van der Waals surface area contributed by atoms with Crippen LogP contribution >= 0.6 is 0 Å². The molecule has 1 amide bonds. The third-order valence-corrected chi connectivity index (χ3v) is 5.32. The van der Waals surface area contributed by atoms with Crippen molar-refractivity contribution in [3.63, 3.8) is 0 Å². The molecule has 1 unspecified atom stereocenters. The molecule has 0 bridgehead atoms. The van der Waals surface area contributed by atoms with Crippen LogP contribution in [0.25, 0.3) is 5.69 Å². The highest BCUT2D eigenvalue weighted by molar-refractivity contribution is 5.94. The molecule has 2 aliphatic rings. The van der Waals surface area contributed by atoms with E-state index in [9.17, 15) is 13.6 Å². The molecule has 5 nitrogen and oxygen atoms in total. The molecule has 2 aliphatic carbocycles. The number of fused-ring (bicyclic) bond motifs is 1. The fraction of sp³-hybridized carbons (Fsp3) is 0.286. The molecule has 5 rings (SSSR count). The molecule has 2 heterocycles. The second-order valence-corrected chi connectivity index (χ2v) is 7.41. The molecule has 3 aromatic rings. The number of benzene rings is 1. The molecular formula is C21H18F2N4O. The van der Waals surface area contributed by atoms with Crippen molar-refractivity contribution in [1.82, 2.24) is 20.1 Å². The van der Waals surface area contributed by atoms with Crippen molar-refractivity contribution in [1.29, 1.82) is 0 Å². The Labute approximate surface area is 160 Å². The van der Waals surface area contributed by atoms with Crippen molar-refractivity contribution < 1.29 is 13.6 Å². The van der Waals surface area contributed by atoms with Gasteiger partial charge in [0.1, 0.15) is 11.6 Å². The predicted octanol–water partition coefficient (Wildman–Crippen LogP) is 3.84. The zero-order valence-corrected chi connectivity index (χ0v) is 15.0. The van der Waals surface area contributed by atoms with E-state index in [1.807, 2.05) is 16.9 Å². The minimum atomic E-state index is -0.769. The van der Waals surface area contributed by atoms with Crippen LogP contribution in [-0.2, 0) is 6.42 Å². The lowest BCUT2D eigenvalue weighted by atomic mass is 10.1. The smallest absolute Gasteiger partial charge is 0.251 e. The summed E-state index contributed by atoms with van der Waals surface area (Å²) in [6.45, 7) is 0. The van der Waals surface area contributed by atoms with Crippen LogP contribution in [0.1, 0.15) is 58.5 Å². The molecule has 7 heteroatoms. The SMILES string of the molecule is O=C(NC1CCc2nn(-c3ccnc(C4CC4)c3)cc21)c1cc(F)cc(F)c1. The van der Waals surface area contributed by atoms with Gasteiger partial charge in [-0.1, -0.05) is 0 Å². The monoisotopic (exact) mass is 380 g/mol. The zero-order chi connectivity index (χ0) is 19.3. The molecule has 0 aliphatic heterocycles. The number of carbonyl (C=O) groups is 1. The minimum Gasteiger partial charge on any atom is -0.345 e. The lowest BCUT2D eigenvalue weighted by molar-refractivity contribution is 0.0935. The molecule has 1 N–H and O–H groups in total. The van der Waals surface area contributed by atoms with E-state index >= 15 is 0 Å². The summed E-state index contributed by atoms with van der Waals surface area (Å²) in [5.41, 5.74) is 3.88. The largest absolute Gasteiger partial charge is 0.345 e. The van der Waals surface area contributed by atoms with Gasteiger partial charge >= 0.3 is 0 Å². The van der Waals surface area contributed by atoms with E-state index in [0.717, 1.165) is 47.3 Å². The third kappa shape index (κ3) is 3.17. The Bertz CT molecular complexity index is 1050. The predicted molar refractivity (Wildman–Crippen MR) is 98.2 cm³/mol. The van der Waals surface area contributed by atoms with Crippen LogP contribution in [0.3, 0.4) is 0 Å². The molecule has 2 aromatic heterocycles. The highest BCUT2D eigenvalue weighted by Crippen LogP contribution is 2.39. The van der Waals surface area contributed by atoms with Crippen LogP contribution in [0, 0.1) is 11.6 Å². The van der Waals surface area contributed by atoms with E-state index in [0.29, 0.717) is 12.3 Å². The maximum atomic E-state index is 13.4. The lowest BCUT2D eigenvalue weighted by Gasteiger charge is -2.13. The van der Waals surface area contributed by atoms with Gasteiger partial charge in [-0.2, -0.15) is 5.10 Å². The van der Waals surface area contributed by atoms with Crippen LogP contribution in [-0.4, -0.2) is 20.7 Å². The van der Waals surface area contributed by atoms with Crippen LogP contribution < -0.4 is 5.32 Å². The van der Waals surface area contributed by atoms with Gasteiger partial charge in [-0.25, -0.2) is 13.5 Å². The first-order valence-corrected chi connectivity index (χ1v) is 9.38. The summed E-state index contributed by atoms with van der Waals surface area (Å²) in [5.74, 6) is -1.48. The number of halogens is 2. The van der Waals surface area contributed by atoms with Gasteiger partial charge < -0.3 is 5.32 Å². The quantitative estimate of drug-likeness (QED) is 0.748. The Morgan fingerprint density at radius 2 is 1.89 bits per heavy atom. The summed E-state index contributed by atoms with van der Waals surface area (Å²) in [7, 11) is 0. The molecule has 0 saturated heterocycles. The fourth-order valence-corrected chi connectivity index (χ4v) is 3.74. The van der Waals surface area contributed by atoms with Gasteiger partial charge in [-0.3, -0.25) is 9.78 Å². The molecule has 1 saturated carbocycles. The molecule has 1 atom stereocenters. The van der Waals surface area contributed by atoms with Gasteiger partial charge in [0.15, 0.2) is 0 Å². The van der Waals surface area contributed by atoms with E-state index in [1.165, 1.54) is 12.8 Å². The van der Waals surface area contributed by atoms with Gasteiger partial charge in [-0.05, 0) is 49.9 Å². The van der Waals surface area contributed by atoms with E-state index in [4.69, 9.17) is 0 Å². The molecule has 28 heavy (non-hydrogen) atoms. The number of pyridine rings is 1. The number of amides is 1. The first-order chi connectivity index (χ1) is 13.6. The Balaban J connectivity index is 1.38. The zero-order valence-electron chi connectivity index (χ0n) is 15.0. The maximum absolute atomic E-state index is 13.4. The Kier molecular flexibility index (Phi) is 3.96. The molecule has 1 aromatic carbocycles. The average Bonchev–Trinajstić information content (AvgIpc) is 3.34. The number of rotatable bonds is 4. The normalized spacial score (nSPS) is 18.1. The first kappa shape index (κ1) is 17.0. The van der Waals surface area contributed by atoms with Crippen LogP contribution in [0.4, 0.5) is 8.78 Å². The third-order valence-electron chi connectivity index (χ3n) is 5.32. The number of hydrogen-bond acceptors (Lipinski definition) is 3. The second kappa shape index (κ2) is 6.51. The number of carbonyl (C=O) groups excluding carboxylic acids is 1. The number of nitrogens with zero attached hydrogens (tertiary/aromatic N) is 3. The summed E-state index contributed by atoms with van der Waals surface area (Å²) in [6, 6.07) is 6.56. The maximum Gasteiger partial charge on any atom is 0.251 e. The first-order valence-electron chi connectivity index (χ1n) is 9.38. The average molecular weight is 380 g/mol. The molecular weight excluding hydrogens is 362 g/mol. The number of aryl methyl sites for hydroxylation is 1. The highest BCUT2D eigenvalue weighted by Gasteiger charge is 2.29. The molecule has 0 radical (unpaired) electrons. The van der Waals surface area contributed by atoms with E-state index < -0.39 is 17.5 Å². The topological polar surface area (TPSA) is 59.8 Å². The van der Waals surface area contributed by atoms with Crippen molar-refractivity contribution in [2.75, 3.05) is 0 Å². The van der Waals surface area contributed by atoms with Crippen molar-refractivity contribution in [3.8, 4) is 5.69 Å². The number of nitrogens with one attached hydrogen (secondary N) is 1. The summed E-state index contributed by atoms with van der Waals surface area (Å²) in [4.78, 5) is 16.9.